The van der Waals surface area contributed by atoms with Gasteiger partial charge in [-0.15, -0.1) is 0 Å². The number of sulfone groups is 1. The highest BCUT2D eigenvalue weighted by atomic mass is 32.2. The Morgan fingerprint density at radius 1 is 1.43 bits per heavy atom. The van der Waals surface area contributed by atoms with E-state index in [2.05, 4.69) is 18.9 Å². The molecule has 1 fully saturated rings. The second kappa shape index (κ2) is 6.17. The first-order chi connectivity index (χ1) is 9.79. The van der Waals surface area contributed by atoms with Crippen LogP contribution in [0.1, 0.15) is 37.6 Å². The highest BCUT2D eigenvalue weighted by Crippen LogP contribution is 2.15. The van der Waals surface area contributed by atoms with E-state index in [1.54, 1.807) is 28.9 Å². The van der Waals surface area contributed by atoms with Gasteiger partial charge in [0.15, 0.2) is 9.84 Å². The van der Waals surface area contributed by atoms with Crippen LogP contribution in [-0.2, 0) is 16.4 Å². The van der Waals surface area contributed by atoms with Gasteiger partial charge in [-0.05, 0) is 19.3 Å². The SMILES string of the molecule is CC(C)Cn1cc(C(=O)N2CC[C@@H](C)S(=O)(=O)CC2)cn1. The van der Waals surface area contributed by atoms with E-state index in [1.807, 2.05) is 0 Å². The molecule has 118 valence electrons. The van der Waals surface area contributed by atoms with Crippen LogP contribution in [-0.4, -0.2) is 53.1 Å². The van der Waals surface area contributed by atoms with E-state index < -0.39 is 9.84 Å². The number of rotatable bonds is 3. The number of hydrogen-bond donors (Lipinski definition) is 0. The van der Waals surface area contributed by atoms with Gasteiger partial charge in [-0.1, -0.05) is 13.8 Å². The van der Waals surface area contributed by atoms with Crippen molar-refractivity contribution in [3.63, 3.8) is 0 Å². The zero-order valence-corrected chi connectivity index (χ0v) is 13.6. The monoisotopic (exact) mass is 313 g/mol. The predicted octanol–water partition coefficient (Wildman–Crippen LogP) is 1.19. The Labute approximate surface area is 126 Å². The van der Waals surface area contributed by atoms with Gasteiger partial charge in [-0.25, -0.2) is 8.42 Å². The number of carbonyl (C=O) groups is 1. The molecule has 6 nitrogen and oxygen atoms in total. The van der Waals surface area contributed by atoms with Crippen molar-refractivity contribution in [2.45, 2.75) is 39.0 Å². The summed E-state index contributed by atoms with van der Waals surface area (Å²) >= 11 is 0. The Balaban J connectivity index is 2.08. The second-order valence-electron chi connectivity index (χ2n) is 6.10. The molecule has 1 saturated heterocycles. The largest absolute Gasteiger partial charge is 0.337 e. The average Bonchev–Trinajstić information content (AvgIpc) is 2.79. The minimum atomic E-state index is -3.07. The third kappa shape index (κ3) is 3.84. The van der Waals surface area contributed by atoms with Crippen molar-refractivity contribution in [2.24, 2.45) is 5.92 Å². The molecule has 2 rings (SSSR count). The fourth-order valence-corrected chi connectivity index (χ4v) is 3.74. The van der Waals surface area contributed by atoms with E-state index >= 15 is 0 Å². The molecule has 1 aromatic heterocycles. The van der Waals surface area contributed by atoms with Crippen LogP contribution in [0.25, 0.3) is 0 Å². The van der Waals surface area contributed by atoms with Crippen LogP contribution in [0.4, 0.5) is 0 Å². The molecule has 0 aromatic carbocycles. The Bertz CT molecular complexity index is 607. The lowest BCUT2D eigenvalue weighted by molar-refractivity contribution is 0.0767. The number of hydrogen-bond acceptors (Lipinski definition) is 4. The second-order valence-corrected chi connectivity index (χ2v) is 8.64. The lowest BCUT2D eigenvalue weighted by Crippen LogP contribution is -2.33. The predicted molar refractivity (Wildman–Crippen MR) is 80.8 cm³/mol. The zero-order valence-electron chi connectivity index (χ0n) is 12.8. The van der Waals surface area contributed by atoms with E-state index in [-0.39, 0.29) is 23.5 Å². The zero-order chi connectivity index (χ0) is 15.6. The first kappa shape index (κ1) is 16.0. The van der Waals surface area contributed by atoms with E-state index in [0.29, 0.717) is 24.4 Å². The van der Waals surface area contributed by atoms with Crippen molar-refractivity contribution in [3.8, 4) is 0 Å². The molecule has 0 spiro atoms. The molecular formula is C14H23N3O3S. The lowest BCUT2D eigenvalue weighted by atomic mass is 10.2. The van der Waals surface area contributed by atoms with Crippen molar-refractivity contribution in [3.05, 3.63) is 18.0 Å². The summed E-state index contributed by atoms with van der Waals surface area (Å²) in [6.45, 7) is 7.40. The fourth-order valence-electron chi connectivity index (χ4n) is 2.40. The number of carbonyl (C=O) groups excluding carboxylic acids is 1. The maximum atomic E-state index is 12.4. The fraction of sp³-hybridized carbons (Fsp3) is 0.714. The molecule has 2 heterocycles. The van der Waals surface area contributed by atoms with Crippen LogP contribution < -0.4 is 0 Å². The summed E-state index contributed by atoms with van der Waals surface area (Å²) in [5.74, 6) is 0.367. The van der Waals surface area contributed by atoms with Crippen LogP contribution in [0, 0.1) is 5.92 Å². The maximum Gasteiger partial charge on any atom is 0.257 e. The molecule has 1 aliphatic rings. The Morgan fingerprint density at radius 3 is 2.81 bits per heavy atom. The number of amides is 1. The average molecular weight is 313 g/mol. The van der Waals surface area contributed by atoms with Gasteiger partial charge < -0.3 is 4.90 Å². The summed E-state index contributed by atoms with van der Waals surface area (Å²) in [5, 5.41) is 3.81. The first-order valence-electron chi connectivity index (χ1n) is 7.33. The highest BCUT2D eigenvalue weighted by Gasteiger charge is 2.29. The summed E-state index contributed by atoms with van der Waals surface area (Å²) in [6, 6.07) is 0. The Morgan fingerprint density at radius 2 is 2.14 bits per heavy atom. The van der Waals surface area contributed by atoms with Crippen molar-refractivity contribution >= 4 is 15.7 Å². The van der Waals surface area contributed by atoms with Gasteiger partial charge in [0.25, 0.3) is 5.91 Å². The standard InChI is InChI=1S/C14H23N3O3S/c1-11(2)9-17-10-13(8-15-17)14(18)16-5-4-12(3)21(19,20)7-6-16/h8,10-12H,4-7,9H2,1-3H3/t12-/m1/s1. The van der Waals surface area contributed by atoms with Gasteiger partial charge in [-0.2, -0.15) is 5.10 Å². The van der Waals surface area contributed by atoms with Gasteiger partial charge in [0, 0.05) is 25.8 Å². The van der Waals surface area contributed by atoms with Gasteiger partial charge in [0.1, 0.15) is 0 Å². The molecule has 0 saturated carbocycles. The van der Waals surface area contributed by atoms with Gasteiger partial charge >= 0.3 is 0 Å². The van der Waals surface area contributed by atoms with E-state index in [0.717, 1.165) is 6.54 Å². The Hall–Kier alpha value is -1.37. The summed E-state index contributed by atoms with van der Waals surface area (Å²) in [7, 11) is -3.07. The normalized spacial score (nSPS) is 22.3. The molecule has 1 amide bonds. The number of nitrogens with zero attached hydrogens (tertiary/aromatic N) is 3. The van der Waals surface area contributed by atoms with Crippen molar-refractivity contribution in [2.75, 3.05) is 18.8 Å². The van der Waals surface area contributed by atoms with Gasteiger partial charge in [0.05, 0.1) is 22.8 Å². The summed E-state index contributed by atoms with van der Waals surface area (Å²) in [4.78, 5) is 14.1. The van der Waals surface area contributed by atoms with Crippen molar-refractivity contribution in [1.82, 2.24) is 14.7 Å². The molecule has 0 N–H and O–H groups in total. The van der Waals surface area contributed by atoms with Gasteiger partial charge in [-0.3, -0.25) is 9.48 Å². The van der Waals surface area contributed by atoms with Crippen molar-refractivity contribution in [1.29, 1.82) is 0 Å². The Kier molecular flexibility index (Phi) is 4.70. The quantitative estimate of drug-likeness (QED) is 0.840. The highest BCUT2D eigenvalue weighted by molar-refractivity contribution is 7.92. The molecule has 0 bridgehead atoms. The molecule has 0 aliphatic carbocycles. The molecule has 0 radical (unpaired) electrons. The summed E-state index contributed by atoms with van der Waals surface area (Å²) in [6.07, 6.45) is 3.80. The minimum Gasteiger partial charge on any atom is -0.337 e. The number of aromatic nitrogens is 2. The van der Waals surface area contributed by atoms with Crippen LogP contribution in [0.15, 0.2) is 12.4 Å². The van der Waals surface area contributed by atoms with Crippen LogP contribution >= 0.6 is 0 Å². The third-order valence-corrected chi connectivity index (χ3v) is 6.00. The molecule has 1 aliphatic heterocycles. The molecule has 21 heavy (non-hydrogen) atoms. The molecule has 7 heteroatoms. The van der Waals surface area contributed by atoms with Crippen LogP contribution in [0.2, 0.25) is 0 Å². The smallest absolute Gasteiger partial charge is 0.257 e. The maximum absolute atomic E-state index is 12.4. The third-order valence-electron chi connectivity index (χ3n) is 3.78. The molecule has 0 unspecified atom stereocenters. The van der Waals surface area contributed by atoms with Crippen LogP contribution in [0.3, 0.4) is 0 Å². The minimum absolute atomic E-state index is 0.0417. The van der Waals surface area contributed by atoms with E-state index in [9.17, 15) is 13.2 Å². The molecule has 1 atom stereocenters. The first-order valence-corrected chi connectivity index (χ1v) is 9.04. The van der Waals surface area contributed by atoms with E-state index in [4.69, 9.17) is 0 Å². The molecule has 1 aromatic rings. The topological polar surface area (TPSA) is 72.3 Å². The van der Waals surface area contributed by atoms with E-state index in [1.165, 1.54) is 0 Å². The van der Waals surface area contributed by atoms with Crippen molar-refractivity contribution < 1.29 is 13.2 Å². The summed E-state index contributed by atoms with van der Waals surface area (Å²) in [5.41, 5.74) is 0.530. The summed E-state index contributed by atoms with van der Waals surface area (Å²) < 4.78 is 25.5. The lowest BCUT2D eigenvalue weighted by Gasteiger charge is -2.18. The van der Waals surface area contributed by atoms with Gasteiger partial charge in [0.2, 0.25) is 0 Å². The molecular weight excluding hydrogens is 290 g/mol. The van der Waals surface area contributed by atoms with Crippen LogP contribution in [0.5, 0.6) is 0 Å².